The van der Waals surface area contributed by atoms with Crippen molar-refractivity contribution in [1.29, 1.82) is 0 Å². The maximum absolute atomic E-state index is 12.2. The first-order valence-electron chi connectivity index (χ1n) is 6.89. The number of aliphatic hydroxyl groups excluding tert-OH is 2. The maximum atomic E-state index is 12.2. The zero-order valence-electron chi connectivity index (χ0n) is 12.0. The van der Waals surface area contributed by atoms with Gasteiger partial charge < -0.3 is 10.2 Å². The molecule has 1 rings (SSSR count). The molecule has 0 saturated carbocycles. The summed E-state index contributed by atoms with van der Waals surface area (Å²) in [5.74, 6) is 0. The fourth-order valence-corrected chi connectivity index (χ4v) is 3.28. The van der Waals surface area contributed by atoms with Gasteiger partial charge in [0.25, 0.3) is 5.69 Å². The first-order chi connectivity index (χ1) is 10.4. The molecule has 1 aromatic carbocycles. The van der Waals surface area contributed by atoms with Crippen LogP contribution >= 0.6 is 0 Å². The zero-order valence-corrected chi connectivity index (χ0v) is 12.8. The van der Waals surface area contributed by atoms with E-state index in [1.807, 2.05) is 0 Å². The number of nitro benzene ring substituents is 1. The smallest absolute Gasteiger partial charge is 0.269 e. The van der Waals surface area contributed by atoms with E-state index >= 15 is 0 Å². The Labute approximate surface area is 129 Å². The molecule has 0 aliphatic heterocycles. The number of benzene rings is 1. The monoisotopic (exact) mass is 332 g/mol. The van der Waals surface area contributed by atoms with E-state index in [2.05, 4.69) is 4.72 Å². The van der Waals surface area contributed by atoms with Crippen LogP contribution in [0.5, 0.6) is 0 Å². The lowest BCUT2D eigenvalue weighted by Crippen LogP contribution is -2.35. The Morgan fingerprint density at radius 2 is 1.59 bits per heavy atom. The molecule has 0 amide bonds. The number of hydrogen-bond acceptors (Lipinski definition) is 6. The summed E-state index contributed by atoms with van der Waals surface area (Å²) in [7, 11) is -3.80. The average Bonchev–Trinajstić information content (AvgIpc) is 2.50. The zero-order chi connectivity index (χ0) is 16.6. The molecule has 0 saturated heterocycles. The van der Waals surface area contributed by atoms with Crippen molar-refractivity contribution in [1.82, 2.24) is 4.72 Å². The molecule has 0 heterocycles. The summed E-state index contributed by atoms with van der Waals surface area (Å²) >= 11 is 0. The predicted molar refractivity (Wildman–Crippen MR) is 79.8 cm³/mol. The van der Waals surface area contributed by atoms with Crippen LogP contribution < -0.4 is 4.72 Å². The summed E-state index contributed by atoms with van der Waals surface area (Å²) < 4.78 is 27.0. The van der Waals surface area contributed by atoms with Crippen LogP contribution in [0, 0.1) is 10.1 Å². The lowest BCUT2D eigenvalue weighted by atomic mass is 10.1. The molecule has 22 heavy (non-hydrogen) atoms. The van der Waals surface area contributed by atoms with Gasteiger partial charge in [-0.3, -0.25) is 10.1 Å². The van der Waals surface area contributed by atoms with E-state index in [1.165, 1.54) is 12.1 Å². The van der Waals surface area contributed by atoms with Gasteiger partial charge in [0.1, 0.15) is 0 Å². The Bertz CT molecular complexity index is 565. The van der Waals surface area contributed by atoms with Gasteiger partial charge in [-0.05, 0) is 37.8 Å². The first-order valence-corrected chi connectivity index (χ1v) is 8.37. The Kier molecular flexibility index (Phi) is 7.39. The van der Waals surface area contributed by atoms with Crippen molar-refractivity contribution in [3.63, 3.8) is 0 Å². The number of nitrogens with zero attached hydrogens (tertiary/aromatic N) is 1. The lowest BCUT2D eigenvalue weighted by molar-refractivity contribution is -0.384. The van der Waals surface area contributed by atoms with Crippen LogP contribution in [0.1, 0.15) is 25.7 Å². The van der Waals surface area contributed by atoms with Gasteiger partial charge in [-0.1, -0.05) is 0 Å². The molecule has 0 fully saturated rings. The number of aliphatic hydroxyl groups is 2. The molecule has 0 aliphatic carbocycles. The number of non-ortho nitro benzene ring substituents is 1. The number of sulfonamides is 1. The first kappa shape index (κ1) is 18.5. The molecule has 0 aromatic heterocycles. The molecule has 124 valence electrons. The standard InChI is InChI=1S/C13H20N2O6S/c16-9-1-3-11(4-2-10-17)14-22(20,21)13-7-5-12(6-8-13)15(18)19/h5-8,11,14,16-17H,1-4,9-10H2. The third-order valence-corrected chi connectivity index (χ3v) is 4.64. The second kappa shape index (κ2) is 8.79. The minimum absolute atomic E-state index is 0.0467. The topological polar surface area (TPSA) is 130 Å². The van der Waals surface area contributed by atoms with Crippen LogP contribution in [0.25, 0.3) is 0 Å². The van der Waals surface area contributed by atoms with Crippen molar-refractivity contribution >= 4 is 15.7 Å². The molecule has 3 N–H and O–H groups in total. The van der Waals surface area contributed by atoms with Gasteiger partial charge in [0, 0.05) is 31.4 Å². The highest BCUT2D eigenvalue weighted by molar-refractivity contribution is 7.89. The van der Waals surface area contributed by atoms with Crippen molar-refractivity contribution in [3.8, 4) is 0 Å². The summed E-state index contributed by atoms with van der Waals surface area (Å²) in [5, 5.41) is 28.3. The summed E-state index contributed by atoms with van der Waals surface area (Å²) in [4.78, 5) is 9.91. The van der Waals surface area contributed by atoms with E-state index in [1.54, 1.807) is 0 Å². The van der Waals surface area contributed by atoms with Gasteiger partial charge >= 0.3 is 0 Å². The summed E-state index contributed by atoms with van der Waals surface area (Å²) in [5.41, 5.74) is -0.184. The van der Waals surface area contributed by atoms with Gasteiger partial charge in [-0.25, -0.2) is 13.1 Å². The average molecular weight is 332 g/mol. The molecule has 0 unspecified atom stereocenters. The van der Waals surface area contributed by atoms with Crippen LogP contribution in [0.4, 0.5) is 5.69 Å². The highest BCUT2D eigenvalue weighted by atomic mass is 32.2. The highest BCUT2D eigenvalue weighted by Crippen LogP contribution is 2.17. The van der Waals surface area contributed by atoms with Crippen LogP contribution in [-0.4, -0.2) is 42.8 Å². The van der Waals surface area contributed by atoms with E-state index in [9.17, 15) is 18.5 Å². The third-order valence-electron chi connectivity index (χ3n) is 3.10. The van der Waals surface area contributed by atoms with Gasteiger partial charge in [-0.15, -0.1) is 0 Å². The molecule has 0 radical (unpaired) electrons. The Balaban J connectivity index is 2.83. The second-order valence-electron chi connectivity index (χ2n) is 4.80. The van der Waals surface area contributed by atoms with Gasteiger partial charge in [0.05, 0.1) is 9.82 Å². The fraction of sp³-hybridized carbons (Fsp3) is 0.538. The quantitative estimate of drug-likeness (QED) is 0.429. The van der Waals surface area contributed by atoms with Gasteiger partial charge in [0.15, 0.2) is 0 Å². The van der Waals surface area contributed by atoms with E-state index in [-0.39, 0.29) is 23.8 Å². The number of nitrogens with one attached hydrogen (secondary N) is 1. The number of rotatable bonds is 10. The van der Waals surface area contributed by atoms with Crippen molar-refractivity contribution in [2.45, 2.75) is 36.6 Å². The SMILES string of the molecule is O=[N+]([O-])c1ccc(S(=O)(=O)NC(CCCO)CCCO)cc1. The maximum Gasteiger partial charge on any atom is 0.269 e. The summed E-state index contributed by atoms with van der Waals surface area (Å²) in [6.07, 6.45) is 1.78. The van der Waals surface area contributed by atoms with E-state index in [0.29, 0.717) is 25.7 Å². The molecule has 0 atom stereocenters. The molecule has 0 spiro atoms. The minimum atomic E-state index is -3.80. The fourth-order valence-electron chi connectivity index (χ4n) is 1.97. The largest absolute Gasteiger partial charge is 0.396 e. The van der Waals surface area contributed by atoms with Crippen molar-refractivity contribution in [2.24, 2.45) is 0 Å². The highest BCUT2D eigenvalue weighted by Gasteiger charge is 2.20. The van der Waals surface area contributed by atoms with Crippen molar-refractivity contribution < 1.29 is 23.6 Å². The Morgan fingerprint density at radius 3 is 2.00 bits per heavy atom. The molecular formula is C13H20N2O6S. The second-order valence-corrected chi connectivity index (χ2v) is 6.51. The van der Waals surface area contributed by atoms with Gasteiger partial charge in [0.2, 0.25) is 10.0 Å². The van der Waals surface area contributed by atoms with Gasteiger partial charge in [-0.2, -0.15) is 0 Å². The lowest BCUT2D eigenvalue weighted by Gasteiger charge is -2.18. The molecule has 9 heteroatoms. The molecular weight excluding hydrogens is 312 g/mol. The predicted octanol–water partition coefficient (Wildman–Crippen LogP) is 0.787. The van der Waals surface area contributed by atoms with Crippen LogP contribution in [0.15, 0.2) is 29.2 Å². The molecule has 8 nitrogen and oxygen atoms in total. The molecule has 1 aromatic rings. The van der Waals surface area contributed by atoms with Crippen LogP contribution in [-0.2, 0) is 10.0 Å². The van der Waals surface area contributed by atoms with E-state index in [0.717, 1.165) is 12.1 Å². The van der Waals surface area contributed by atoms with Crippen LogP contribution in [0.3, 0.4) is 0 Å². The van der Waals surface area contributed by atoms with Crippen molar-refractivity contribution in [3.05, 3.63) is 34.4 Å². The Hall–Kier alpha value is -1.55. The summed E-state index contributed by atoms with van der Waals surface area (Å²) in [6, 6.07) is 4.21. The normalized spacial score (nSPS) is 11.8. The number of nitro groups is 1. The minimum Gasteiger partial charge on any atom is -0.396 e. The van der Waals surface area contributed by atoms with Crippen LogP contribution in [0.2, 0.25) is 0 Å². The summed E-state index contributed by atoms with van der Waals surface area (Å²) in [6.45, 7) is -0.0935. The van der Waals surface area contributed by atoms with E-state index < -0.39 is 21.0 Å². The van der Waals surface area contributed by atoms with E-state index in [4.69, 9.17) is 10.2 Å². The molecule has 0 aliphatic rings. The third kappa shape index (κ3) is 5.68. The number of hydrogen-bond donors (Lipinski definition) is 3. The molecule has 0 bridgehead atoms. The Morgan fingerprint density at radius 1 is 1.09 bits per heavy atom. The van der Waals surface area contributed by atoms with Crippen molar-refractivity contribution in [2.75, 3.05) is 13.2 Å².